The number of rotatable bonds is 4. The van der Waals surface area contributed by atoms with Gasteiger partial charge in [-0.05, 0) is 28.1 Å². The summed E-state index contributed by atoms with van der Waals surface area (Å²) >= 11 is 0. The van der Waals surface area contributed by atoms with Crippen LogP contribution in [-0.4, -0.2) is 26.1 Å². The molecule has 1 heterocycles. The number of aromatic nitrogens is 4. The fourth-order valence-electron chi connectivity index (χ4n) is 1.30. The van der Waals surface area contributed by atoms with Crippen molar-refractivity contribution >= 4 is 5.91 Å². The predicted molar refractivity (Wildman–Crippen MR) is 56.1 cm³/mol. The lowest BCUT2D eigenvalue weighted by molar-refractivity contribution is -0.122. The maximum absolute atomic E-state index is 12.9. The van der Waals surface area contributed by atoms with Crippen molar-refractivity contribution in [3.63, 3.8) is 0 Å². The Morgan fingerprint density at radius 1 is 1.47 bits per heavy atom. The van der Waals surface area contributed by atoms with E-state index in [1.54, 1.807) is 12.1 Å². The van der Waals surface area contributed by atoms with Crippen LogP contribution in [0.5, 0.6) is 0 Å². The van der Waals surface area contributed by atoms with Crippen molar-refractivity contribution in [1.82, 2.24) is 25.5 Å². The Bertz CT molecular complexity index is 499. The first-order valence-corrected chi connectivity index (χ1v) is 4.96. The minimum atomic E-state index is -0.322. The quantitative estimate of drug-likeness (QED) is 0.817. The molecule has 1 N–H and O–H groups in total. The Hall–Kier alpha value is -2.31. The van der Waals surface area contributed by atoms with Gasteiger partial charge in [0.2, 0.25) is 5.91 Å². The summed E-state index contributed by atoms with van der Waals surface area (Å²) in [6.45, 7) is 0.320. The van der Waals surface area contributed by atoms with E-state index in [2.05, 4.69) is 20.8 Å². The number of hydrogen-bond acceptors (Lipinski definition) is 4. The summed E-state index contributed by atoms with van der Waals surface area (Å²) < 4.78 is 14.2. The molecule has 0 saturated heterocycles. The first-order chi connectivity index (χ1) is 8.24. The van der Waals surface area contributed by atoms with E-state index in [0.717, 1.165) is 0 Å². The van der Waals surface area contributed by atoms with Crippen molar-refractivity contribution in [3.05, 3.63) is 42.0 Å². The molecule has 88 valence electrons. The first kappa shape index (κ1) is 11.2. The summed E-state index contributed by atoms with van der Waals surface area (Å²) in [5.74, 6) is -0.557. The van der Waals surface area contributed by atoms with Crippen LogP contribution in [0.1, 0.15) is 5.56 Å². The van der Waals surface area contributed by atoms with E-state index in [9.17, 15) is 9.18 Å². The third-order valence-electron chi connectivity index (χ3n) is 2.08. The number of benzene rings is 1. The molecule has 0 radical (unpaired) electrons. The molecular weight excluding hydrogens is 225 g/mol. The van der Waals surface area contributed by atoms with Crippen LogP contribution in [-0.2, 0) is 17.9 Å². The van der Waals surface area contributed by atoms with Gasteiger partial charge in [0, 0.05) is 6.54 Å². The van der Waals surface area contributed by atoms with Crippen LogP contribution < -0.4 is 5.32 Å². The van der Waals surface area contributed by atoms with E-state index in [-0.39, 0.29) is 24.8 Å². The van der Waals surface area contributed by atoms with Crippen LogP contribution in [0.3, 0.4) is 0 Å². The lowest BCUT2D eigenvalue weighted by Gasteiger charge is -2.04. The van der Waals surface area contributed by atoms with Gasteiger partial charge in [-0.2, -0.15) is 0 Å². The summed E-state index contributed by atoms with van der Waals surface area (Å²) in [7, 11) is 0. The Labute approximate surface area is 96.4 Å². The molecule has 0 unspecified atom stereocenters. The third kappa shape index (κ3) is 3.33. The van der Waals surface area contributed by atoms with E-state index < -0.39 is 0 Å². The number of hydrogen-bond donors (Lipinski definition) is 1. The van der Waals surface area contributed by atoms with Crippen molar-refractivity contribution in [1.29, 1.82) is 0 Å². The number of carbonyl (C=O) groups is 1. The molecule has 0 fully saturated rings. The minimum Gasteiger partial charge on any atom is -0.350 e. The van der Waals surface area contributed by atoms with Gasteiger partial charge in [-0.25, -0.2) is 9.07 Å². The normalized spacial score (nSPS) is 10.2. The summed E-state index contributed by atoms with van der Waals surface area (Å²) in [5.41, 5.74) is 0.704. The monoisotopic (exact) mass is 235 g/mol. The fourth-order valence-corrected chi connectivity index (χ4v) is 1.30. The summed E-state index contributed by atoms with van der Waals surface area (Å²) in [4.78, 5) is 11.4. The molecule has 2 aromatic rings. The molecule has 2 rings (SSSR count). The minimum absolute atomic E-state index is 0.0440. The highest BCUT2D eigenvalue weighted by molar-refractivity contribution is 5.75. The average molecular weight is 235 g/mol. The number of amides is 1. The molecule has 0 aliphatic carbocycles. The Morgan fingerprint density at radius 2 is 2.35 bits per heavy atom. The number of carbonyl (C=O) groups excluding carboxylic acids is 1. The Morgan fingerprint density at radius 3 is 3.06 bits per heavy atom. The fraction of sp³-hybridized carbons (Fsp3) is 0.200. The van der Waals surface area contributed by atoms with E-state index >= 15 is 0 Å². The Kier molecular flexibility index (Phi) is 3.39. The number of nitrogens with one attached hydrogen (secondary N) is 1. The van der Waals surface area contributed by atoms with Crippen LogP contribution in [0, 0.1) is 5.82 Å². The first-order valence-electron chi connectivity index (χ1n) is 4.96. The second-order valence-corrected chi connectivity index (χ2v) is 3.41. The van der Waals surface area contributed by atoms with Crippen molar-refractivity contribution < 1.29 is 9.18 Å². The average Bonchev–Trinajstić information content (AvgIpc) is 2.79. The van der Waals surface area contributed by atoms with Crippen LogP contribution in [0.2, 0.25) is 0 Å². The van der Waals surface area contributed by atoms with Gasteiger partial charge >= 0.3 is 0 Å². The summed E-state index contributed by atoms with van der Waals surface area (Å²) in [5, 5.41) is 13.0. The second kappa shape index (κ2) is 5.15. The van der Waals surface area contributed by atoms with E-state index in [4.69, 9.17) is 0 Å². The van der Waals surface area contributed by atoms with Gasteiger partial charge in [0.1, 0.15) is 18.7 Å². The molecule has 0 aliphatic heterocycles. The van der Waals surface area contributed by atoms with Gasteiger partial charge < -0.3 is 5.32 Å². The van der Waals surface area contributed by atoms with Gasteiger partial charge in [0.05, 0.1) is 0 Å². The second-order valence-electron chi connectivity index (χ2n) is 3.41. The molecule has 0 aliphatic rings. The lowest BCUT2D eigenvalue weighted by Crippen LogP contribution is -2.27. The SMILES string of the molecule is O=C(Cn1cnnn1)NCc1cccc(F)c1. The van der Waals surface area contributed by atoms with Crippen LogP contribution in [0.25, 0.3) is 0 Å². The van der Waals surface area contributed by atoms with Crippen molar-refractivity contribution in [2.24, 2.45) is 0 Å². The molecule has 1 amide bonds. The maximum atomic E-state index is 12.9. The molecule has 6 nitrogen and oxygen atoms in total. The van der Waals surface area contributed by atoms with Crippen LogP contribution in [0.15, 0.2) is 30.6 Å². The van der Waals surface area contributed by atoms with E-state index in [1.165, 1.54) is 23.1 Å². The van der Waals surface area contributed by atoms with E-state index in [0.29, 0.717) is 5.56 Å². The Balaban J connectivity index is 1.84. The van der Waals surface area contributed by atoms with Gasteiger partial charge in [0.15, 0.2) is 0 Å². The molecule has 0 atom stereocenters. The van der Waals surface area contributed by atoms with Crippen molar-refractivity contribution in [2.45, 2.75) is 13.1 Å². The molecule has 17 heavy (non-hydrogen) atoms. The zero-order valence-electron chi connectivity index (χ0n) is 8.88. The summed E-state index contributed by atoms with van der Waals surface area (Å²) in [6, 6.07) is 6.06. The van der Waals surface area contributed by atoms with Crippen molar-refractivity contribution in [3.8, 4) is 0 Å². The highest BCUT2D eigenvalue weighted by Crippen LogP contribution is 2.02. The molecule has 0 saturated carbocycles. The lowest BCUT2D eigenvalue weighted by atomic mass is 10.2. The zero-order chi connectivity index (χ0) is 12.1. The molecule has 1 aromatic heterocycles. The van der Waals surface area contributed by atoms with Gasteiger partial charge in [0.25, 0.3) is 0 Å². The van der Waals surface area contributed by atoms with Gasteiger partial charge in [-0.1, -0.05) is 12.1 Å². The molecular formula is C10H10FN5O. The largest absolute Gasteiger partial charge is 0.350 e. The highest BCUT2D eigenvalue weighted by atomic mass is 19.1. The maximum Gasteiger partial charge on any atom is 0.242 e. The molecule has 0 bridgehead atoms. The summed E-state index contributed by atoms with van der Waals surface area (Å²) in [6.07, 6.45) is 1.35. The van der Waals surface area contributed by atoms with Crippen LogP contribution in [0.4, 0.5) is 4.39 Å². The highest BCUT2D eigenvalue weighted by Gasteiger charge is 2.03. The number of nitrogens with zero attached hydrogens (tertiary/aromatic N) is 4. The van der Waals surface area contributed by atoms with Gasteiger partial charge in [-0.3, -0.25) is 4.79 Å². The number of halogens is 1. The molecule has 7 heteroatoms. The number of tetrazole rings is 1. The predicted octanol–water partition coefficient (Wildman–Crippen LogP) is 0.129. The zero-order valence-corrected chi connectivity index (χ0v) is 8.88. The van der Waals surface area contributed by atoms with Crippen molar-refractivity contribution in [2.75, 3.05) is 0 Å². The molecule has 1 aromatic carbocycles. The van der Waals surface area contributed by atoms with E-state index in [1.807, 2.05) is 0 Å². The topological polar surface area (TPSA) is 72.7 Å². The third-order valence-corrected chi connectivity index (χ3v) is 2.08. The standard InChI is InChI=1S/C10H10FN5O/c11-9-3-1-2-8(4-9)5-12-10(17)6-16-7-13-14-15-16/h1-4,7H,5-6H2,(H,12,17). The molecule has 0 spiro atoms. The van der Waals surface area contributed by atoms with Gasteiger partial charge in [-0.15, -0.1) is 5.10 Å². The van der Waals surface area contributed by atoms with Crippen LogP contribution >= 0.6 is 0 Å². The smallest absolute Gasteiger partial charge is 0.242 e.